The molecule has 0 spiro atoms. The number of ether oxygens (including phenoxy) is 1. The third kappa shape index (κ3) is 2.28. The maximum Gasteiger partial charge on any atom is 0.343 e. The first kappa shape index (κ1) is 16.3. The number of halogens is 1. The zero-order valence-corrected chi connectivity index (χ0v) is 14.7. The van der Waals surface area contributed by atoms with E-state index in [4.69, 9.17) is 16.3 Å². The number of hydrogen-bond acceptors (Lipinski definition) is 5. The van der Waals surface area contributed by atoms with Crippen molar-refractivity contribution in [1.82, 2.24) is 19.2 Å². The van der Waals surface area contributed by atoms with Crippen molar-refractivity contribution >= 4 is 34.1 Å². The predicted octanol–water partition coefficient (Wildman–Crippen LogP) is 2.78. The largest absolute Gasteiger partial charge is 0.465 e. The van der Waals surface area contributed by atoms with Gasteiger partial charge in [-0.25, -0.2) is 14.3 Å². The smallest absolute Gasteiger partial charge is 0.343 e. The third-order valence-corrected chi connectivity index (χ3v) is 4.51. The second kappa shape index (κ2) is 5.96. The van der Waals surface area contributed by atoms with Gasteiger partial charge in [0.05, 0.1) is 34.4 Å². The standard InChI is InChI=1S/C18H13ClN4O3/c1-10-15(18(25)26-2)16-20-9-11-13(23(16)21-10)7-8-22(17(11)24)14-6-4-3-5-12(14)19/h3-9H,1-2H3. The molecule has 3 aromatic heterocycles. The number of hydrogen-bond donors (Lipinski definition) is 0. The number of benzene rings is 1. The Kier molecular flexibility index (Phi) is 3.73. The molecule has 7 nitrogen and oxygen atoms in total. The van der Waals surface area contributed by atoms with Crippen LogP contribution >= 0.6 is 11.6 Å². The van der Waals surface area contributed by atoms with E-state index in [-0.39, 0.29) is 11.1 Å². The van der Waals surface area contributed by atoms with E-state index < -0.39 is 5.97 Å². The first-order valence-electron chi connectivity index (χ1n) is 7.76. The summed E-state index contributed by atoms with van der Waals surface area (Å²) in [5.41, 5.74) is 1.95. The molecule has 0 N–H and O–H groups in total. The van der Waals surface area contributed by atoms with Crippen LogP contribution in [-0.4, -0.2) is 32.2 Å². The summed E-state index contributed by atoms with van der Waals surface area (Å²) in [5.74, 6) is -0.520. The molecule has 0 unspecified atom stereocenters. The molecule has 1 aromatic carbocycles. The van der Waals surface area contributed by atoms with Crippen LogP contribution in [0.3, 0.4) is 0 Å². The van der Waals surface area contributed by atoms with E-state index in [0.717, 1.165) is 0 Å². The van der Waals surface area contributed by atoms with Gasteiger partial charge in [-0.3, -0.25) is 9.36 Å². The van der Waals surface area contributed by atoms with Gasteiger partial charge in [-0.15, -0.1) is 0 Å². The molecule has 8 heteroatoms. The molecule has 4 aromatic rings. The average Bonchev–Trinajstić information content (AvgIpc) is 2.98. The van der Waals surface area contributed by atoms with Gasteiger partial charge in [-0.2, -0.15) is 5.10 Å². The minimum absolute atomic E-state index is 0.280. The van der Waals surface area contributed by atoms with E-state index in [2.05, 4.69) is 10.1 Å². The Morgan fingerprint density at radius 3 is 2.73 bits per heavy atom. The predicted molar refractivity (Wildman–Crippen MR) is 97.2 cm³/mol. The Hall–Kier alpha value is -3.19. The number of carbonyl (C=O) groups excluding carboxylic acids is 1. The monoisotopic (exact) mass is 368 g/mol. The number of rotatable bonds is 2. The lowest BCUT2D eigenvalue weighted by atomic mass is 10.2. The zero-order valence-electron chi connectivity index (χ0n) is 13.9. The van der Waals surface area contributed by atoms with Gasteiger partial charge in [0.2, 0.25) is 0 Å². The van der Waals surface area contributed by atoms with Crippen LogP contribution in [0.15, 0.2) is 47.5 Å². The van der Waals surface area contributed by atoms with Crippen LogP contribution in [0.25, 0.3) is 22.2 Å². The molecule has 0 saturated heterocycles. The first-order valence-corrected chi connectivity index (χ1v) is 8.13. The normalized spacial score (nSPS) is 11.2. The molecule has 0 bridgehead atoms. The lowest BCUT2D eigenvalue weighted by Crippen LogP contribution is -2.19. The Labute approximate surface area is 152 Å². The van der Waals surface area contributed by atoms with Gasteiger partial charge in [0.15, 0.2) is 5.65 Å². The van der Waals surface area contributed by atoms with Crippen LogP contribution in [0.4, 0.5) is 0 Å². The summed E-state index contributed by atoms with van der Waals surface area (Å²) in [6.07, 6.45) is 3.06. The summed E-state index contributed by atoms with van der Waals surface area (Å²) >= 11 is 6.21. The number of nitrogens with zero attached hydrogens (tertiary/aromatic N) is 4. The molecule has 0 amide bonds. The van der Waals surface area contributed by atoms with Crippen LogP contribution in [-0.2, 0) is 4.74 Å². The minimum Gasteiger partial charge on any atom is -0.465 e. The molecular weight excluding hydrogens is 356 g/mol. The third-order valence-electron chi connectivity index (χ3n) is 4.19. The van der Waals surface area contributed by atoms with Crippen LogP contribution < -0.4 is 5.56 Å². The first-order chi connectivity index (χ1) is 12.5. The quantitative estimate of drug-likeness (QED) is 0.508. The summed E-state index contributed by atoms with van der Waals surface area (Å²) in [5, 5.41) is 5.17. The fourth-order valence-corrected chi connectivity index (χ4v) is 3.18. The van der Waals surface area contributed by atoms with Gasteiger partial charge < -0.3 is 4.74 Å². The van der Waals surface area contributed by atoms with Gasteiger partial charge in [0.1, 0.15) is 5.56 Å². The molecule has 130 valence electrons. The Balaban J connectivity index is 2.04. The van der Waals surface area contributed by atoms with E-state index in [1.807, 2.05) is 0 Å². The summed E-state index contributed by atoms with van der Waals surface area (Å²) < 4.78 is 7.73. The fraction of sp³-hybridized carbons (Fsp3) is 0.111. The number of fused-ring (bicyclic) bond motifs is 3. The summed E-state index contributed by atoms with van der Waals surface area (Å²) in [7, 11) is 1.30. The maximum absolute atomic E-state index is 12.9. The van der Waals surface area contributed by atoms with Crippen molar-refractivity contribution in [3.05, 3.63) is 69.4 Å². The number of carbonyl (C=O) groups is 1. The van der Waals surface area contributed by atoms with E-state index in [1.165, 1.54) is 22.4 Å². The molecule has 26 heavy (non-hydrogen) atoms. The topological polar surface area (TPSA) is 78.5 Å². The maximum atomic E-state index is 12.9. The SMILES string of the molecule is COC(=O)c1c(C)nn2c1ncc1c(=O)n(-c3ccccc3Cl)ccc12. The second-order valence-corrected chi connectivity index (χ2v) is 6.09. The van der Waals surface area contributed by atoms with E-state index in [0.29, 0.717) is 33.0 Å². The van der Waals surface area contributed by atoms with Crippen molar-refractivity contribution in [2.75, 3.05) is 7.11 Å². The lowest BCUT2D eigenvalue weighted by Gasteiger charge is -2.09. The van der Waals surface area contributed by atoms with Crippen molar-refractivity contribution in [2.24, 2.45) is 0 Å². The molecule has 0 aliphatic rings. The highest BCUT2D eigenvalue weighted by Gasteiger charge is 2.21. The highest BCUT2D eigenvalue weighted by atomic mass is 35.5. The minimum atomic E-state index is -0.520. The second-order valence-electron chi connectivity index (χ2n) is 5.69. The van der Waals surface area contributed by atoms with Crippen molar-refractivity contribution in [1.29, 1.82) is 0 Å². The Morgan fingerprint density at radius 1 is 1.23 bits per heavy atom. The average molecular weight is 369 g/mol. The van der Waals surface area contributed by atoms with Gasteiger partial charge in [0.25, 0.3) is 5.56 Å². The molecule has 0 radical (unpaired) electrons. The highest BCUT2D eigenvalue weighted by molar-refractivity contribution is 6.32. The molecule has 0 aliphatic carbocycles. The van der Waals surface area contributed by atoms with E-state index in [9.17, 15) is 9.59 Å². The van der Waals surface area contributed by atoms with Gasteiger partial charge in [0, 0.05) is 12.4 Å². The lowest BCUT2D eigenvalue weighted by molar-refractivity contribution is 0.0602. The molecule has 4 rings (SSSR count). The number of aryl methyl sites for hydroxylation is 1. The zero-order chi connectivity index (χ0) is 18.4. The van der Waals surface area contributed by atoms with Crippen molar-refractivity contribution in [3.8, 4) is 5.69 Å². The fourth-order valence-electron chi connectivity index (χ4n) is 2.95. The van der Waals surface area contributed by atoms with Crippen LogP contribution in [0.1, 0.15) is 16.1 Å². The number of para-hydroxylation sites is 1. The van der Waals surface area contributed by atoms with Crippen molar-refractivity contribution in [3.63, 3.8) is 0 Å². The molecule has 0 fully saturated rings. The highest BCUT2D eigenvalue weighted by Crippen LogP contribution is 2.21. The molecule has 0 aliphatic heterocycles. The Morgan fingerprint density at radius 2 is 2.00 bits per heavy atom. The number of pyridine rings is 1. The summed E-state index contributed by atoms with van der Waals surface area (Å²) in [6, 6.07) is 8.81. The number of methoxy groups -OCH3 is 1. The van der Waals surface area contributed by atoms with Gasteiger partial charge in [-0.1, -0.05) is 23.7 Å². The summed E-state index contributed by atoms with van der Waals surface area (Å²) in [4.78, 5) is 29.2. The van der Waals surface area contributed by atoms with Crippen LogP contribution in [0, 0.1) is 6.92 Å². The number of aromatic nitrogens is 4. The number of esters is 1. The van der Waals surface area contributed by atoms with Gasteiger partial charge in [-0.05, 0) is 25.1 Å². The molecule has 0 saturated carbocycles. The van der Waals surface area contributed by atoms with Gasteiger partial charge >= 0.3 is 5.97 Å². The van der Waals surface area contributed by atoms with Crippen LogP contribution in [0.5, 0.6) is 0 Å². The van der Waals surface area contributed by atoms with Crippen molar-refractivity contribution in [2.45, 2.75) is 6.92 Å². The molecular formula is C18H13ClN4O3. The van der Waals surface area contributed by atoms with E-state index >= 15 is 0 Å². The van der Waals surface area contributed by atoms with E-state index in [1.54, 1.807) is 43.5 Å². The van der Waals surface area contributed by atoms with Crippen LogP contribution in [0.2, 0.25) is 5.02 Å². The molecule has 0 atom stereocenters. The molecule has 3 heterocycles. The van der Waals surface area contributed by atoms with Crippen molar-refractivity contribution < 1.29 is 9.53 Å². The Bertz CT molecular complexity index is 1240. The summed E-state index contributed by atoms with van der Waals surface area (Å²) in [6.45, 7) is 1.69.